The van der Waals surface area contributed by atoms with E-state index in [2.05, 4.69) is 32.6 Å². The fraction of sp³-hybridized carbons (Fsp3) is 1.00. The van der Waals surface area contributed by atoms with Crippen LogP contribution in [-0.4, -0.2) is 35.7 Å². The van der Waals surface area contributed by atoms with Gasteiger partial charge in [-0.25, -0.2) is 0 Å². The fourth-order valence-corrected chi connectivity index (χ4v) is 4.63. The van der Waals surface area contributed by atoms with Crippen molar-refractivity contribution in [2.75, 3.05) is 19.6 Å². The minimum Gasteiger partial charge on any atom is -0.392 e. The van der Waals surface area contributed by atoms with Crippen molar-refractivity contribution in [3.63, 3.8) is 0 Å². The van der Waals surface area contributed by atoms with Crippen LogP contribution in [0, 0.1) is 16.7 Å². The molecule has 0 aromatic rings. The van der Waals surface area contributed by atoms with Crippen LogP contribution in [0.15, 0.2) is 0 Å². The minimum atomic E-state index is -0.0973. The van der Waals surface area contributed by atoms with Gasteiger partial charge in [-0.3, -0.25) is 0 Å². The molecule has 0 radical (unpaired) electrons. The van der Waals surface area contributed by atoms with Gasteiger partial charge in [0.05, 0.1) is 6.10 Å². The van der Waals surface area contributed by atoms with Crippen LogP contribution < -0.4 is 0 Å². The molecule has 0 heterocycles. The molecule has 2 aliphatic carbocycles. The molecule has 0 saturated heterocycles. The maximum atomic E-state index is 10.8. The number of aliphatic hydroxyl groups is 1. The molecule has 2 rings (SSSR count). The first-order valence-electron chi connectivity index (χ1n) is 7.86. The third-order valence-corrected chi connectivity index (χ3v) is 5.60. The Kier molecular flexibility index (Phi) is 4.08. The summed E-state index contributed by atoms with van der Waals surface area (Å²) in [7, 11) is 0. The zero-order valence-electron chi connectivity index (χ0n) is 12.7. The maximum absolute atomic E-state index is 10.8. The van der Waals surface area contributed by atoms with E-state index in [1.54, 1.807) is 0 Å². The topological polar surface area (TPSA) is 23.5 Å². The van der Waals surface area contributed by atoms with Crippen molar-refractivity contribution >= 4 is 0 Å². The molecule has 0 aliphatic heterocycles. The molecule has 2 bridgehead atoms. The molecule has 106 valence electrons. The third kappa shape index (κ3) is 2.22. The highest BCUT2D eigenvalue weighted by molar-refractivity contribution is 5.11. The fourth-order valence-electron chi connectivity index (χ4n) is 4.63. The highest BCUT2D eigenvalue weighted by Crippen LogP contribution is 2.62. The lowest BCUT2D eigenvalue weighted by Crippen LogP contribution is -2.48. The third-order valence-electron chi connectivity index (χ3n) is 5.60. The molecular formula is C16H31NO. The van der Waals surface area contributed by atoms with Crippen LogP contribution in [0.2, 0.25) is 0 Å². The molecule has 2 aliphatic rings. The molecule has 2 nitrogen and oxygen atoms in total. The Labute approximate surface area is 113 Å². The van der Waals surface area contributed by atoms with Gasteiger partial charge in [-0.1, -0.05) is 27.7 Å². The van der Waals surface area contributed by atoms with Crippen molar-refractivity contribution in [2.45, 2.75) is 65.9 Å². The zero-order chi connectivity index (χ0) is 13.4. The van der Waals surface area contributed by atoms with Crippen LogP contribution in [-0.2, 0) is 0 Å². The molecule has 2 fully saturated rings. The molecule has 0 aromatic carbocycles. The van der Waals surface area contributed by atoms with Crippen molar-refractivity contribution in [3.8, 4) is 0 Å². The smallest absolute Gasteiger partial charge is 0.0662 e. The van der Waals surface area contributed by atoms with E-state index in [1.807, 2.05) is 0 Å². The first-order valence-corrected chi connectivity index (χ1v) is 7.86. The van der Waals surface area contributed by atoms with Gasteiger partial charge >= 0.3 is 0 Å². The quantitative estimate of drug-likeness (QED) is 0.785. The van der Waals surface area contributed by atoms with Gasteiger partial charge in [0, 0.05) is 12.0 Å². The summed E-state index contributed by atoms with van der Waals surface area (Å²) in [6, 6.07) is 0. The summed E-state index contributed by atoms with van der Waals surface area (Å²) in [5.41, 5.74) is 0.348. The van der Waals surface area contributed by atoms with Crippen molar-refractivity contribution in [1.82, 2.24) is 4.90 Å². The molecule has 18 heavy (non-hydrogen) atoms. The molecular weight excluding hydrogens is 222 g/mol. The zero-order valence-corrected chi connectivity index (χ0v) is 12.7. The highest BCUT2D eigenvalue weighted by Gasteiger charge is 2.61. The minimum absolute atomic E-state index is 0.0973. The van der Waals surface area contributed by atoms with Crippen LogP contribution in [0.1, 0.15) is 59.8 Å². The van der Waals surface area contributed by atoms with Gasteiger partial charge in [-0.2, -0.15) is 0 Å². The number of rotatable bonds is 6. The molecule has 3 atom stereocenters. The van der Waals surface area contributed by atoms with Gasteiger partial charge in [-0.05, 0) is 56.5 Å². The average Bonchev–Trinajstić information content (AvgIpc) is 2.80. The second kappa shape index (κ2) is 5.13. The Morgan fingerprint density at radius 3 is 2.22 bits per heavy atom. The lowest BCUT2D eigenvalue weighted by Gasteiger charge is -2.43. The van der Waals surface area contributed by atoms with E-state index in [4.69, 9.17) is 0 Å². The van der Waals surface area contributed by atoms with Crippen LogP contribution in [0.5, 0.6) is 0 Å². The summed E-state index contributed by atoms with van der Waals surface area (Å²) in [5, 5.41) is 10.8. The molecule has 0 spiro atoms. The summed E-state index contributed by atoms with van der Waals surface area (Å²) >= 11 is 0. The summed E-state index contributed by atoms with van der Waals surface area (Å²) in [4.78, 5) is 2.59. The van der Waals surface area contributed by atoms with Gasteiger partial charge < -0.3 is 10.0 Å². The summed E-state index contributed by atoms with van der Waals surface area (Å²) in [6.45, 7) is 12.6. The second-order valence-electron chi connectivity index (χ2n) is 7.30. The Hall–Kier alpha value is -0.0800. The first kappa shape index (κ1) is 14.3. The monoisotopic (exact) mass is 253 g/mol. The number of nitrogens with zero attached hydrogens (tertiary/aromatic N) is 1. The Morgan fingerprint density at radius 1 is 1.17 bits per heavy atom. The van der Waals surface area contributed by atoms with E-state index in [0.717, 1.165) is 12.5 Å². The second-order valence-corrected chi connectivity index (χ2v) is 7.30. The lowest BCUT2D eigenvalue weighted by atomic mass is 9.69. The maximum Gasteiger partial charge on any atom is 0.0662 e. The Morgan fingerprint density at radius 2 is 1.78 bits per heavy atom. The van der Waals surface area contributed by atoms with Crippen molar-refractivity contribution in [3.05, 3.63) is 0 Å². The van der Waals surface area contributed by atoms with Crippen molar-refractivity contribution in [1.29, 1.82) is 0 Å². The van der Waals surface area contributed by atoms with Crippen LogP contribution >= 0.6 is 0 Å². The van der Waals surface area contributed by atoms with Gasteiger partial charge in [0.15, 0.2) is 0 Å². The van der Waals surface area contributed by atoms with E-state index in [0.29, 0.717) is 0 Å². The average molecular weight is 253 g/mol. The van der Waals surface area contributed by atoms with Gasteiger partial charge in [-0.15, -0.1) is 0 Å². The Balaban J connectivity index is 2.07. The molecule has 2 heteroatoms. The van der Waals surface area contributed by atoms with Gasteiger partial charge in [0.1, 0.15) is 0 Å². The van der Waals surface area contributed by atoms with E-state index < -0.39 is 0 Å². The predicted molar refractivity (Wildman–Crippen MR) is 76.6 cm³/mol. The predicted octanol–water partition coefficient (Wildman–Crippen LogP) is 3.30. The van der Waals surface area contributed by atoms with E-state index in [1.165, 1.54) is 45.2 Å². The summed E-state index contributed by atoms with van der Waals surface area (Å²) in [5.74, 6) is 0.748. The van der Waals surface area contributed by atoms with Crippen LogP contribution in [0.25, 0.3) is 0 Å². The molecule has 1 N–H and O–H groups in total. The van der Waals surface area contributed by atoms with Crippen LogP contribution in [0.4, 0.5) is 0 Å². The molecule has 0 unspecified atom stereocenters. The normalized spacial score (nSPS) is 37.7. The number of fused-ring (bicyclic) bond motifs is 2. The van der Waals surface area contributed by atoms with E-state index in [-0.39, 0.29) is 16.9 Å². The largest absolute Gasteiger partial charge is 0.392 e. The lowest BCUT2D eigenvalue weighted by molar-refractivity contribution is -0.0550. The van der Waals surface area contributed by atoms with Gasteiger partial charge in [0.25, 0.3) is 0 Å². The molecule has 2 saturated carbocycles. The van der Waals surface area contributed by atoms with E-state index in [9.17, 15) is 5.11 Å². The summed E-state index contributed by atoms with van der Waals surface area (Å²) in [6.07, 6.45) is 6.17. The highest BCUT2D eigenvalue weighted by atomic mass is 16.3. The van der Waals surface area contributed by atoms with Crippen molar-refractivity contribution in [2.24, 2.45) is 16.7 Å². The SMILES string of the molecule is CCCN(CCC)C[C@]12CC[C@H](C1)C(C)(C)[C@H]2O. The van der Waals surface area contributed by atoms with Crippen molar-refractivity contribution < 1.29 is 5.11 Å². The molecule has 0 aromatic heterocycles. The first-order chi connectivity index (χ1) is 8.46. The van der Waals surface area contributed by atoms with E-state index >= 15 is 0 Å². The Bertz CT molecular complexity index is 283. The summed E-state index contributed by atoms with van der Waals surface area (Å²) < 4.78 is 0. The number of hydrogen-bond acceptors (Lipinski definition) is 2. The van der Waals surface area contributed by atoms with Crippen LogP contribution in [0.3, 0.4) is 0 Å². The number of hydrogen-bond donors (Lipinski definition) is 1. The standard InChI is InChI=1S/C16H31NO/c1-5-9-17(10-6-2)12-16-8-7-13(11-16)15(3,4)14(16)18/h13-14,18H,5-12H2,1-4H3/t13-,14-,16+/m1/s1. The molecule has 0 amide bonds. The van der Waals surface area contributed by atoms with Gasteiger partial charge in [0.2, 0.25) is 0 Å². The number of aliphatic hydroxyl groups excluding tert-OH is 1.